The molecule has 4 rings (SSSR count). The van der Waals surface area contributed by atoms with Crippen LogP contribution in [0.2, 0.25) is 0 Å². The molecule has 0 saturated heterocycles. The number of H-pyrrole nitrogens is 1. The summed E-state index contributed by atoms with van der Waals surface area (Å²) < 4.78 is 14.8. The van der Waals surface area contributed by atoms with Crippen LogP contribution in [-0.4, -0.2) is 40.8 Å². The van der Waals surface area contributed by atoms with Gasteiger partial charge in [-0.2, -0.15) is 10.2 Å². The Bertz CT molecular complexity index is 1150. The summed E-state index contributed by atoms with van der Waals surface area (Å²) in [6, 6.07) is 7.75. The smallest absolute Gasteiger partial charge is 0.231 e. The number of nitrogens with zero attached hydrogens (tertiary/aromatic N) is 6. The normalized spacial score (nSPS) is 10.9. The van der Waals surface area contributed by atoms with E-state index in [0.717, 1.165) is 4.90 Å². The van der Waals surface area contributed by atoms with Crippen LogP contribution >= 0.6 is 23.5 Å². The van der Waals surface area contributed by atoms with Gasteiger partial charge in [-0.15, -0.1) is 0 Å². The minimum atomic E-state index is -0.320. The second-order valence-corrected chi connectivity index (χ2v) is 8.08. The maximum Gasteiger partial charge on any atom is 0.231 e. The first-order valence-electron chi connectivity index (χ1n) is 8.67. The number of aromatic amines is 1. The number of aromatic nitrogens is 7. The maximum absolute atomic E-state index is 13.2. The number of anilines is 1. The molecule has 0 radical (unpaired) electrons. The minimum absolute atomic E-state index is 0.00208. The highest BCUT2D eigenvalue weighted by Gasteiger charge is 2.16. The van der Waals surface area contributed by atoms with Crippen molar-refractivity contribution in [3.8, 4) is 0 Å². The zero-order valence-electron chi connectivity index (χ0n) is 15.6. The van der Waals surface area contributed by atoms with Gasteiger partial charge < -0.3 is 5.32 Å². The quantitative estimate of drug-likeness (QED) is 0.449. The second kappa shape index (κ2) is 9.05. The molecule has 0 atom stereocenters. The molecule has 1 amide bonds. The molecule has 0 fully saturated rings. The molecule has 3 heterocycles. The third kappa shape index (κ3) is 5.21. The van der Waals surface area contributed by atoms with Crippen molar-refractivity contribution >= 4 is 35.2 Å². The van der Waals surface area contributed by atoms with Crippen molar-refractivity contribution in [2.24, 2.45) is 7.05 Å². The number of hydrogen-bond donors (Lipinski definition) is 2. The Morgan fingerprint density at radius 3 is 2.73 bits per heavy atom. The predicted molar refractivity (Wildman–Crippen MR) is 109 cm³/mol. The van der Waals surface area contributed by atoms with E-state index in [-0.39, 0.29) is 18.1 Å². The molecule has 0 bridgehead atoms. The number of carbonyl (C=O) groups is 1. The highest BCUT2D eigenvalue weighted by Crippen LogP contribution is 2.31. The van der Waals surface area contributed by atoms with Crippen molar-refractivity contribution in [2.75, 3.05) is 5.32 Å². The van der Waals surface area contributed by atoms with Crippen molar-refractivity contribution in [3.05, 3.63) is 60.6 Å². The van der Waals surface area contributed by atoms with Gasteiger partial charge in [-0.25, -0.2) is 19.3 Å². The Labute approximate surface area is 178 Å². The van der Waals surface area contributed by atoms with Gasteiger partial charge in [-0.05, 0) is 36.0 Å². The fourth-order valence-electron chi connectivity index (χ4n) is 2.43. The number of hydrogen-bond acceptors (Lipinski definition) is 8. The van der Waals surface area contributed by atoms with Gasteiger partial charge in [0.1, 0.15) is 22.2 Å². The van der Waals surface area contributed by atoms with Crippen molar-refractivity contribution < 1.29 is 9.18 Å². The summed E-state index contributed by atoms with van der Waals surface area (Å²) >= 11 is 2.56. The van der Waals surface area contributed by atoms with Crippen LogP contribution in [0.4, 0.5) is 10.2 Å². The summed E-state index contributed by atoms with van der Waals surface area (Å²) in [5, 5.41) is 15.1. The Morgan fingerprint density at radius 2 is 2.03 bits per heavy atom. The lowest BCUT2D eigenvalue weighted by Gasteiger charge is -2.09. The maximum atomic E-state index is 13.2. The minimum Gasteiger partial charge on any atom is -0.309 e. The molecule has 152 valence electrons. The number of amides is 1. The van der Waals surface area contributed by atoms with Gasteiger partial charge in [0.15, 0.2) is 11.0 Å². The summed E-state index contributed by atoms with van der Waals surface area (Å²) in [5.74, 6) is -0.139. The van der Waals surface area contributed by atoms with E-state index >= 15 is 0 Å². The van der Waals surface area contributed by atoms with Gasteiger partial charge in [-0.3, -0.25) is 14.6 Å². The Hall–Kier alpha value is -3.25. The Morgan fingerprint density at radius 1 is 1.20 bits per heavy atom. The fourth-order valence-corrected chi connectivity index (χ4v) is 3.92. The van der Waals surface area contributed by atoms with Gasteiger partial charge in [0, 0.05) is 24.2 Å². The lowest BCUT2D eigenvalue weighted by atomic mass is 10.3. The van der Waals surface area contributed by atoms with E-state index in [1.165, 1.54) is 42.0 Å². The van der Waals surface area contributed by atoms with Crippen LogP contribution in [-0.2, 0) is 18.3 Å². The topological polar surface area (TPSA) is 114 Å². The fraction of sp³-hybridized carbons (Fsp3) is 0.111. The van der Waals surface area contributed by atoms with Gasteiger partial charge >= 0.3 is 0 Å². The number of aryl methyl sites for hydroxylation is 1. The molecule has 4 aromatic rings. The molecule has 12 heteroatoms. The highest BCUT2D eigenvalue weighted by molar-refractivity contribution is 7.99. The molecule has 9 nitrogen and oxygen atoms in total. The van der Waals surface area contributed by atoms with Crippen LogP contribution in [0.25, 0.3) is 0 Å². The van der Waals surface area contributed by atoms with Gasteiger partial charge in [0.25, 0.3) is 0 Å². The largest absolute Gasteiger partial charge is 0.309 e. The number of benzene rings is 1. The van der Waals surface area contributed by atoms with E-state index in [2.05, 4.69) is 35.6 Å². The molecular weight excluding hydrogens is 427 g/mol. The van der Waals surface area contributed by atoms with E-state index in [9.17, 15) is 9.18 Å². The SMILES string of the molecule is Cn1ccc(NC(=O)Cc2nc(Sc3ncn[nH]3)cnc2Sc2ccc(F)cc2)n1. The van der Waals surface area contributed by atoms with E-state index < -0.39 is 0 Å². The molecule has 2 N–H and O–H groups in total. The van der Waals surface area contributed by atoms with Crippen LogP contribution in [0.3, 0.4) is 0 Å². The summed E-state index contributed by atoms with van der Waals surface area (Å²) in [6.45, 7) is 0. The number of carbonyl (C=O) groups excluding carboxylic acids is 1. The van der Waals surface area contributed by atoms with Crippen molar-refractivity contribution in [1.29, 1.82) is 0 Å². The number of halogens is 1. The van der Waals surface area contributed by atoms with Crippen LogP contribution in [0.1, 0.15) is 5.69 Å². The summed E-state index contributed by atoms with van der Waals surface area (Å²) in [7, 11) is 1.77. The first-order chi connectivity index (χ1) is 14.5. The summed E-state index contributed by atoms with van der Waals surface area (Å²) in [6.07, 6.45) is 4.73. The predicted octanol–water partition coefficient (Wildman–Crippen LogP) is 2.95. The van der Waals surface area contributed by atoms with E-state index in [0.29, 0.717) is 26.7 Å². The average Bonchev–Trinajstić information content (AvgIpc) is 3.37. The first-order valence-corrected chi connectivity index (χ1v) is 10.3. The molecule has 0 aliphatic heterocycles. The Balaban J connectivity index is 1.57. The molecule has 0 spiro atoms. The summed E-state index contributed by atoms with van der Waals surface area (Å²) in [5.41, 5.74) is 0.488. The lowest BCUT2D eigenvalue weighted by Crippen LogP contribution is -2.17. The first kappa shape index (κ1) is 20.0. The van der Waals surface area contributed by atoms with Crippen molar-refractivity contribution in [3.63, 3.8) is 0 Å². The monoisotopic (exact) mass is 442 g/mol. The van der Waals surface area contributed by atoms with Crippen molar-refractivity contribution in [2.45, 2.75) is 26.5 Å². The zero-order valence-corrected chi connectivity index (χ0v) is 17.2. The molecule has 0 aliphatic rings. The van der Waals surface area contributed by atoms with E-state index in [1.54, 1.807) is 42.3 Å². The zero-order chi connectivity index (χ0) is 20.9. The van der Waals surface area contributed by atoms with Crippen LogP contribution < -0.4 is 5.32 Å². The average molecular weight is 443 g/mol. The second-order valence-electron chi connectivity index (χ2n) is 6.01. The standard InChI is InChI=1S/C18H15FN8OS2/c1-27-7-6-14(26-27)24-15(28)8-13-17(29-12-4-2-11(19)3-5-12)20-9-16(23-13)30-18-21-10-22-25-18/h2-7,9-10H,8H2,1H3,(H,21,22,25)(H,24,26,28). The highest BCUT2D eigenvalue weighted by atomic mass is 32.2. The summed E-state index contributed by atoms with van der Waals surface area (Å²) in [4.78, 5) is 26.4. The molecule has 0 unspecified atom stereocenters. The Kier molecular flexibility index (Phi) is 6.05. The lowest BCUT2D eigenvalue weighted by molar-refractivity contribution is -0.115. The van der Waals surface area contributed by atoms with Gasteiger partial charge in [0.2, 0.25) is 5.91 Å². The van der Waals surface area contributed by atoms with Crippen molar-refractivity contribution in [1.82, 2.24) is 34.9 Å². The number of rotatable bonds is 7. The third-order valence-electron chi connectivity index (χ3n) is 3.72. The van der Waals surface area contributed by atoms with Crippen LogP contribution in [0, 0.1) is 5.82 Å². The van der Waals surface area contributed by atoms with E-state index in [1.807, 2.05) is 0 Å². The third-order valence-corrected chi connectivity index (χ3v) is 5.55. The van der Waals surface area contributed by atoms with Crippen LogP contribution in [0.5, 0.6) is 0 Å². The molecule has 1 aromatic carbocycles. The van der Waals surface area contributed by atoms with Gasteiger partial charge in [-0.1, -0.05) is 11.8 Å². The van der Waals surface area contributed by atoms with Crippen LogP contribution in [0.15, 0.2) is 69.2 Å². The molecule has 0 aliphatic carbocycles. The van der Waals surface area contributed by atoms with E-state index in [4.69, 9.17) is 0 Å². The molecular formula is C18H15FN8OS2. The molecule has 3 aromatic heterocycles. The molecule has 0 saturated carbocycles. The number of nitrogens with one attached hydrogen (secondary N) is 2. The van der Waals surface area contributed by atoms with Gasteiger partial charge in [0.05, 0.1) is 18.3 Å². The molecule has 30 heavy (non-hydrogen) atoms.